The van der Waals surface area contributed by atoms with Crippen molar-refractivity contribution in [2.75, 3.05) is 60.0 Å². The van der Waals surface area contributed by atoms with Crippen molar-refractivity contribution in [1.29, 1.82) is 0 Å². The number of pyridine rings is 1. The van der Waals surface area contributed by atoms with E-state index in [1.807, 2.05) is 23.2 Å². The maximum Gasteiger partial charge on any atom is 0.246 e. The van der Waals surface area contributed by atoms with Gasteiger partial charge in [0.2, 0.25) is 11.9 Å². The molecule has 0 radical (unpaired) electrons. The summed E-state index contributed by atoms with van der Waals surface area (Å²) in [6.07, 6.45) is 9.22. The van der Waals surface area contributed by atoms with Gasteiger partial charge in [-0.3, -0.25) is 4.79 Å². The van der Waals surface area contributed by atoms with Crippen molar-refractivity contribution in [1.82, 2.24) is 19.9 Å². The Kier molecular flexibility index (Phi) is 7.44. The molecular formula is C32H39N7O4S. The van der Waals surface area contributed by atoms with Gasteiger partial charge in [0.25, 0.3) is 0 Å². The molecule has 232 valence electrons. The average molecular weight is 618 g/mol. The third kappa shape index (κ3) is 5.27. The van der Waals surface area contributed by atoms with Gasteiger partial charge in [0.1, 0.15) is 21.5 Å². The van der Waals surface area contributed by atoms with Gasteiger partial charge < -0.3 is 24.8 Å². The van der Waals surface area contributed by atoms with Crippen LogP contribution in [-0.2, 0) is 19.4 Å². The lowest BCUT2D eigenvalue weighted by Gasteiger charge is -2.48. The maximum absolute atomic E-state index is 12.8. The quantitative estimate of drug-likeness (QED) is 0.375. The predicted octanol–water partition coefficient (Wildman–Crippen LogP) is 3.71. The van der Waals surface area contributed by atoms with Crippen molar-refractivity contribution < 1.29 is 17.9 Å². The largest absolute Gasteiger partial charge is 0.379 e. The molecule has 4 fully saturated rings. The molecule has 0 saturated carbocycles. The Morgan fingerprint density at radius 2 is 1.98 bits per heavy atom. The first-order valence-electron chi connectivity index (χ1n) is 15.4. The molecule has 2 aromatic heterocycles. The van der Waals surface area contributed by atoms with E-state index in [-0.39, 0.29) is 29.7 Å². The average Bonchev–Trinajstić information content (AvgIpc) is 3.76. The van der Waals surface area contributed by atoms with Gasteiger partial charge in [-0.2, -0.15) is 4.98 Å². The van der Waals surface area contributed by atoms with Crippen LogP contribution >= 0.6 is 0 Å². The summed E-state index contributed by atoms with van der Waals surface area (Å²) in [5.41, 5.74) is 2.09. The van der Waals surface area contributed by atoms with Gasteiger partial charge in [-0.25, -0.2) is 18.4 Å². The number of nitrogens with zero attached hydrogens (tertiary/aromatic N) is 6. The summed E-state index contributed by atoms with van der Waals surface area (Å²) >= 11 is 0. The number of rotatable bonds is 8. The normalized spacial score (nSPS) is 26.6. The molecule has 5 atom stereocenters. The zero-order valence-corrected chi connectivity index (χ0v) is 26.0. The van der Waals surface area contributed by atoms with Crippen LogP contribution in [0.2, 0.25) is 0 Å². The lowest BCUT2D eigenvalue weighted by Crippen LogP contribution is -2.57. The van der Waals surface area contributed by atoms with Crippen LogP contribution in [0.3, 0.4) is 0 Å². The van der Waals surface area contributed by atoms with Crippen molar-refractivity contribution in [3.8, 4) is 0 Å². The Balaban J connectivity index is 1.23. The molecule has 3 aromatic rings. The number of carbonyl (C=O) groups is 1. The van der Waals surface area contributed by atoms with Crippen molar-refractivity contribution in [3.05, 3.63) is 54.9 Å². The molecule has 7 rings (SSSR count). The minimum atomic E-state index is -3.06. The monoisotopic (exact) mass is 617 g/mol. The number of likely N-dealkylation sites (tertiary alicyclic amines) is 1. The zero-order valence-electron chi connectivity index (χ0n) is 25.2. The second-order valence-corrected chi connectivity index (χ2v) is 14.8. The number of aromatic nitrogens is 3. The van der Waals surface area contributed by atoms with Crippen LogP contribution < -0.4 is 15.1 Å². The van der Waals surface area contributed by atoms with Gasteiger partial charge in [-0.1, -0.05) is 12.6 Å². The van der Waals surface area contributed by atoms with E-state index >= 15 is 0 Å². The van der Waals surface area contributed by atoms with Gasteiger partial charge in [-0.05, 0) is 61.4 Å². The Morgan fingerprint density at radius 1 is 1.11 bits per heavy atom. The van der Waals surface area contributed by atoms with Crippen molar-refractivity contribution in [3.63, 3.8) is 0 Å². The molecule has 4 aliphatic rings. The standard InChI is InChI=1S/C32H39N7O4S/c1-4-31(40)37-12-5-6-26(37)23-7-8-27(39-16-22(20(39)2)19-44(3,41)42)25-15-34-30(14-24(23)25)35-29-9-11-33-32(36-29)38-13-10-21-17-43-18-28(21)38/h4,7-9,11,14-15,20-22,26,28H,1,5-6,10,12-13,16-19H2,2-3H3,(H,33,34,35,36)/t20-,21+,22-,26-,28-/m1/s1. The van der Waals surface area contributed by atoms with E-state index in [0.29, 0.717) is 49.2 Å². The number of benzene rings is 1. The Labute approximate surface area is 258 Å². The summed E-state index contributed by atoms with van der Waals surface area (Å²) in [6.45, 7) is 9.59. The first-order chi connectivity index (χ1) is 21.2. The van der Waals surface area contributed by atoms with E-state index in [0.717, 1.165) is 54.4 Å². The van der Waals surface area contributed by atoms with Crippen LogP contribution in [0.1, 0.15) is 37.8 Å². The minimum Gasteiger partial charge on any atom is -0.379 e. The molecule has 0 aliphatic carbocycles. The fourth-order valence-electron chi connectivity index (χ4n) is 7.53. The SMILES string of the molecule is C=CC(=O)N1CCC[C@@H]1c1ccc(N2C[C@H](CS(C)(=O)=O)[C@H]2C)c2cnc(Nc3ccnc(N4CC[C@H]5COC[C@H]54)n3)cc12. The molecular weight excluding hydrogens is 578 g/mol. The first-order valence-corrected chi connectivity index (χ1v) is 17.5. The van der Waals surface area contributed by atoms with Crippen molar-refractivity contribution in [2.24, 2.45) is 11.8 Å². The molecule has 1 N–H and O–H groups in total. The second-order valence-electron chi connectivity index (χ2n) is 12.6. The topological polar surface area (TPSA) is 121 Å². The lowest BCUT2D eigenvalue weighted by atomic mass is 9.89. The van der Waals surface area contributed by atoms with E-state index in [1.54, 1.807) is 6.20 Å². The summed E-state index contributed by atoms with van der Waals surface area (Å²) in [5.74, 6) is 2.72. The smallest absolute Gasteiger partial charge is 0.246 e. The highest BCUT2D eigenvalue weighted by molar-refractivity contribution is 7.90. The number of nitrogens with one attached hydrogen (secondary N) is 1. The van der Waals surface area contributed by atoms with E-state index < -0.39 is 9.84 Å². The van der Waals surface area contributed by atoms with Crippen LogP contribution in [0.15, 0.2) is 49.3 Å². The number of hydrogen-bond donors (Lipinski definition) is 1. The molecule has 12 heteroatoms. The van der Waals surface area contributed by atoms with Gasteiger partial charge in [0, 0.05) is 67.2 Å². The van der Waals surface area contributed by atoms with E-state index in [9.17, 15) is 13.2 Å². The number of fused-ring (bicyclic) bond motifs is 2. The molecule has 1 aromatic carbocycles. The number of amides is 1. The molecule has 4 aliphatic heterocycles. The molecule has 1 amide bonds. The highest BCUT2D eigenvalue weighted by atomic mass is 32.2. The third-order valence-electron chi connectivity index (χ3n) is 9.87. The summed E-state index contributed by atoms with van der Waals surface area (Å²) in [7, 11) is -3.06. The summed E-state index contributed by atoms with van der Waals surface area (Å²) in [6, 6.07) is 8.43. The zero-order chi connectivity index (χ0) is 30.6. The Hall–Kier alpha value is -3.77. The van der Waals surface area contributed by atoms with E-state index in [1.165, 1.54) is 12.3 Å². The van der Waals surface area contributed by atoms with Crippen LogP contribution in [0.5, 0.6) is 0 Å². The van der Waals surface area contributed by atoms with Crippen LogP contribution in [0.25, 0.3) is 10.8 Å². The molecule has 6 heterocycles. The number of ether oxygens (including phenoxy) is 1. The van der Waals surface area contributed by atoms with Gasteiger partial charge in [0.15, 0.2) is 0 Å². The summed E-state index contributed by atoms with van der Waals surface area (Å²) in [5, 5.41) is 5.39. The minimum absolute atomic E-state index is 0.0672. The predicted molar refractivity (Wildman–Crippen MR) is 171 cm³/mol. The van der Waals surface area contributed by atoms with E-state index in [4.69, 9.17) is 14.7 Å². The number of anilines is 4. The molecule has 0 bridgehead atoms. The van der Waals surface area contributed by atoms with E-state index in [2.05, 4.69) is 45.7 Å². The number of sulfone groups is 1. The lowest BCUT2D eigenvalue weighted by molar-refractivity contribution is -0.126. The molecule has 4 saturated heterocycles. The van der Waals surface area contributed by atoms with Crippen LogP contribution in [0, 0.1) is 11.8 Å². The number of carbonyl (C=O) groups excluding carboxylic acids is 1. The maximum atomic E-state index is 12.8. The van der Waals surface area contributed by atoms with Crippen molar-refractivity contribution in [2.45, 2.75) is 44.3 Å². The molecule has 0 spiro atoms. The third-order valence-corrected chi connectivity index (χ3v) is 10.9. The Morgan fingerprint density at radius 3 is 2.77 bits per heavy atom. The Bertz CT molecular complexity index is 1720. The fourth-order valence-corrected chi connectivity index (χ4v) is 8.69. The van der Waals surface area contributed by atoms with Gasteiger partial charge >= 0.3 is 0 Å². The number of hydrogen-bond acceptors (Lipinski definition) is 10. The highest BCUT2D eigenvalue weighted by Crippen LogP contribution is 2.43. The second kappa shape index (κ2) is 11.3. The molecule has 11 nitrogen and oxygen atoms in total. The molecule has 44 heavy (non-hydrogen) atoms. The van der Waals surface area contributed by atoms with Crippen LogP contribution in [-0.4, -0.2) is 91.1 Å². The molecule has 0 unspecified atom stereocenters. The fraction of sp³-hybridized carbons (Fsp3) is 0.500. The van der Waals surface area contributed by atoms with Gasteiger partial charge in [-0.15, -0.1) is 0 Å². The van der Waals surface area contributed by atoms with Crippen LogP contribution in [0.4, 0.5) is 23.3 Å². The highest BCUT2D eigenvalue weighted by Gasteiger charge is 2.40. The summed E-state index contributed by atoms with van der Waals surface area (Å²) < 4.78 is 29.7. The first kappa shape index (κ1) is 29.0. The van der Waals surface area contributed by atoms with Crippen molar-refractivity contribution >= 4 is 49.8 Å². The van der Waals surface area contributed by atoms with Gasteiger partial charge in [0.05, 0.1) is 31.1 Å². The summed E-state index contributed by atoms with van der Waals surface area (Å²) in [4.78, 5) is 33.4.